The van der Waals surface area contributed by atoms with Crippen molar-refractivity contribution in [3.05, 3.63) is 35.1 Å². The summed E-state index contributed by atoms with van der Waals surface area (Å²) in [5.41, 5.74) is -1.86. The molecule has 1 aromatic carbocycles. The Kier molecular flexibility index (Phi) is 7.07. The van der Waals surface area contributed by atoms with Crippen LogP contribution < -0.4 is 5.32 Å². The second-order valence-corrected chi connectivity index (χ2v) is 6.37. The second-order valence-electron chi connectivity index (χ2n) is 6.37. The van der Waals surface area contributed by atoms with Gasteiger partial charge in [0.1, 0.15) is 5.82 Å². The van der Waals surface area contributed by atoms with Gasteiger partial charge in [-0.3, -0.25) is 0 Å². The van der Waals surface area contributed by atoms with Gasteiger partial charge >= 0.3 is 0 Å². The van der Waals surface area contributed by atoms with Crippen molar-refractivity contribution in [2.45, 2.75) is 44.6 Å². The van der Waals surface area contributed by atoms with Crippen molar-refractivity contribution in [1.29, 1.82) is 0 Å². The molecule has 2 N–H and O–H groups in total. The fraction of sp³-hybridized carbons (Fsp3) is 0.667. The monoisotopic (exact) mass is 345 g/mol. The lowest BCUT2D eigenvalue weighted by Crippen LogP contribution is -2.45. The van der Waals surface area contributed by atoms with Gasteiger partial charge in [-0.25, -0.2) is 13.2 Å². The van der Waals surface area contributed by atoms with Crippen molar-refractivity contribution in [2.24, 2.45) is 5.92 Å². The molecule has 1 heterocycles. The summed E-state index contributed by atoms with van der Waals surface area (Å²) in [5.74, 6) is -3.58. The van der Waals surface area contributed by atoms with E-state index < -0.39 is 23.1 Å². The number of aliphatic hydroxyl groups is 1. The van der Waals surface area contributed by atoms with Crippen LogP contribution in [0.2, 0.25) is 0 Å². The molecule has 3 nitrogen and oxygen atoms in total. The van der Waals surface area contributed by atoms with E-state index in [1.54, 1.807) is 0 Å². The van der Waals surface area contributed by atoms with E-state index >= 15 is 0 Å². The highest BCUT2D eigenvalue weighted by molar-refractivity contribution is 5.27. The zero-order valence-electron chi connectivity index (χ0n) is 14.1. The lowest BCUT2D eigenvalue weighted by molar-refractivity contribution is -0.0469. The van der Waals surface area contributed by atoms with Crippen LogP contribution in [-0.4, -0.2) is 31.4 Å². The largest absolute Gasteiger partial charge is 0.385 e. The molecule has 6 heteroatoms. The van der Waals surface area contributed by atoms with Crippen LogP contribution in [0.15, 0.2) is 12.1 Å². The van der Waals surface area contributed by atoms with Gasteiger partial charge in [-0.2, -0.15) is 0 Å². The number of benzene rings is 1. The quantitative estimate of drug-likeness (QED) is 0.560. The number of halogens is 3. The van der Waals surface area contributed by atoms with Crippen LogP contribution in [-0.2, 0) is 10.3 Å². The van der Waals surface area contributed by atoms with Gasteiger partial charge < -0.3 is 15.2 Å². The van der Waals surface area contributed by atoms with Gasteiger partial charge in [0.15, 0.2) is 11.6 Å². The van der Waals surface area contributed by atoms with Gasteiger partial charge in [0, 0.05) is 37.3 Å². The maximum Gasteiger partial charge on any atom is 0.165 e. The molecule has 0 bridgehead atoms. The summed E-state index contributed by atoms with van der Waals surface area (Å²) in [4.78, 5) is 0. The van der Waals surface area contributed by atoms with Crippen LogP contribution in [0.5, 0.6) is 0 Å². The van der Waals surface area contributed by atoms with Crippen LogP contribution in [0.1, 0.15) is 44.6 Å². The summed E-state index contributed by atoms with van der Waals surface area (Å²) in [6, 6.07) is 1.43. The van der Waals surface area contributed by atoms with Crippen LogP contribution in [0.3, 0.4) is 0 Å². The standard InChI is InChI=1S/C18H26F3NO2/c1-2-24-9-4-3-7-18(23,13-6-5-8-22-12-13)15-10-14(19)11-16(20)17(15)21/h10-11,13,22-23H,2-9,12H2,1H3/t13-,18+/m1/s1. The molecule has 0 unspecified atom stereocenters. The van der Waals surface area contributed by atoms with Crippen LogP contribution in [0, 0.1) is 23.4 Å². The van der Waals surface area contributed by atoms with Gasteiger partial charge in [0.25, 0.3) is 0 Å². The van der Waals surface area contributed by atoms with Crippen LogP contribution >= 0.6 is 0 Å². The molecule has 2 rings (SSSR count). The van der Waals surface area contributed by atoms with Crippen LogP contribution in [0.4, 0.5) is 13.2 Å². The van der Waals surface area contributed by atoms with Crippen LogP contribution in [0.25, 0.3) is 0 Å². The normalized spacial score (nSPS) is 20.8. The molecule has 1 aliphatic rings. The first kappa shape index (κ1) is 19.2. The third kappa shape index (κ3) is 4.49. The summed E-state index contributed by atoms with van der Waals surface area (Å²) in [6.07, 6.45) is 3.06. The topological polar surface area (TPSA) is 41.5 Å². The lowest BCUT2D eigenvalue weighted by atomic mass is 9.74. The van der Waals surface area contributed by atoms with Crippen molar-refractivity contribution in [1.82, 2.24) is 5.32 Å². The summed E-state index contributed by atoms with van der Waals surface area (Å²) < 4.78 is 46.9. The molecule has 0 amide bonds. The van der Waals surface area contributed by atoms with E-state index in [9.17, 15) is 18.3 Å². The minimum atomic E-state index is -1.59. The predicted octanol–water partition coefficient (Wildman–Crippen LogP) is 3.50. The average Bonchev–Trinajstić information content (AvgIpc) is 2.58. The number of hydrogen-bond acceptors (Lipinski definition) is 3. The van der Waals surface area contributed by atoms with Crippen molar-refractivity contribution >= 4 is 0 Å². The minimum absolute atomic E-state index is 0.242. The maximum atomic E-state index is 14.3. The van der Waals surface area contributed by atoms with E-state index in [0.29, 0.717) is 45.1 Å². The molecule has 1 fully saturated rings. The van der Waals surface area contributed by atoms with E-state index in [-0.39, 0.29) is 17.9 Å². The number of ether oxygens (including phenoxy) is 1. The van der Waals surface area contributed by atoms with Crippen molar-refractivity contribution < 1.29 is 23.0 Å². The van der Waals surface area contributed by atoms with Gasteiger partial charge in [-0.05, 0) is 51.6 Å². The second kappa shape index (κ2) is 8.83. The molecular formula is C18H26F3NO2. The molecule has 1 aliphatic heterocycles. The van der Waals surface area contributed by atoms with Gasteiger partial charge in [0.05, 0.1) is 5.60 Å². The molecule has 0 aliphatic carbocycles. The molecule has 0 aromatic heterocycles. The molecule has 1 aromatic rings. The zero-order chi connectivity index (χ0) is 17.6. The van der Waals surface area contributed by atoms with Gasteiger partial charge in [-0.1, -0.05) is 0 Å². The molecule has 136 valence electrons. The fourth-order valence-corrected chi connectivity index (χ4v) is 3.43. The SMILES string of the molecule is CCOCCCC[C@@](O)(c1cc(F)cc(F)c1F)[C@@H]1CCCNC1. The highest BCUT2D eigenvalue weighted by Gasteiger charge is 2.41. The van der Waals surface area contributed by atoms with Crippen molar-refractivity contribution in [3.63, 3.8) is 0 Å². The first-order valence-corrected chi connectivity index (χ1v) is 8.65. The first-order valence-electron chi connectivity index (χ1n) is 8.65. The smallest absolute Gasteiger partial charge is 0.165 e. The third-order valence-electron chi connectivity index (χ3n) is 4.73. The highest BCUT2D eigenvalue weighted by Crippen LogP contribution is 2.40. The first-order chi connectivity index (χ1) is 11.5. The number of nitrogens with one attached hydrogen (secondary N) is 1. The zero-order valence-corrected chi connectivity index (χ0v) is 14.1. The Morgan fingerprint density at radius 3 is 2.75 bits per heavy atom. The third-order valence-corrected chi connectivity index (χ3v) is 4.73. The molecule has 0 radical (unpaired) electrons. The number of rotatable bonds is 8. The summed E-state index contributed by atoms with van der Waals surface area (Å²) in [6.45, 7) is 4.39. The number of hydrogen-bond donors (Lipinski definition) is 2. The van der Waals surface area contributed by atoms with Crippen molar-refractivity contribution in [2.75, 3.05) is 26.3 Å². The minimum Gasteiger partial charge on any atom is -0.385 e. The van der Waals surface area contributed by atoms with E-state index in [1.807, 2.05) is 6.92 Å². The predicted molar refractivity (Wildman–Crippen MR) is 86.2 cm³/mol. The molecular weight excluding hydrogens is 319 g/mol. The Hall–Kier alpha value is -1.11. The molecule has 0 spiro atoms. The Balaban J connectivity index is 2.24. The summed E-state index contributed by atoms with van der Waals surface area (Å²) in [7, 11) is 0. The molecule has 24 heavy (non-hydrogen) atoms. The molecule has 2 atom stereocenters. The Bertz CT molecular complexity index is 535. The van der Waals surface area contributed by atoms with E-state index in [1.165, 1.54) is 0 Å². The Morgan fingerprint density at radius 1 is 1.29 bits per heavy atom. The Morgan fingerprint density at radius 2 is 2.08 bits per heavy atom. The maximum absolute atomic E-state index is 14.3. The number of unbranched alkanes of at least 4 members (excludes halogenated alkanes) is 1. The average molecular weight is 345 g/mol. The summed E-state index contributed by atoms with van der Waals surface area (Å²) >= 11 is 0. The van der Waals surface area contributed by atoms with Crippen molar-refractivity contribution in [3.8, 4) is 0 Å². The summed E-state index contributed by atoms with van der Waals surface area (Å²) in [5, 5.41) is 14.4. The lowest BCUT2D eigenvalue weighted by Gasteiger charge is -2.39. The van der Waals surface area contributed by atoms with E-state index in [4.69, 9.17) is 4.74 Å². The van der Waals surface area contributed by atoms with Gasteiger partial charge in [0.2, 0.25) is 0 Å². The Labute approximate surface area is 141 Å². The molecule has 0 saturated carbocycles. The number of piperidine rings is 1. The van der Waals surface area contributed by atoms with E-state index in [0.717, 1.165) is 19.0 Å². The molecule has 1 saturated heterocycles. The van der Waals surface area contributed by atoms with E-state index in [2.05, 4.69) is 5.32 Å². The fourth-order valence-electron chi connectivity index (χ4n) is 3.43. The van der Waals surface area contributed by atoms with Gasteiger partial charge in [-0.15, -0.1) is 0 Å². The highest BCUT2D eigenvalue weighted by atomic mass is 19.2.